The Morgan fingerprint density at radius 2 is 1.64 bits per heavy atom. The van der Waals surface area contributed by atoms with Crippen LogP contribution in [0.1, 0.15) is 37.5 Å². The molecular weight excluding hydrogens is 523 g/mol. The van der Waals surface area contributed by atoms with Gasteiger partial charge in [-0.2, -0.15) is 12.7 Å². The topological polar surface area (TPSA) is 90.0 Å². The zero-order valence-corrected chi connectivity index (χ0v) is 24.0. The van der Waals surface area contributed by atoms with Gasteiger partial charge < -0.3 is 10.2 Å². The monoisotopic (exact) mass is 556 g/mol. The number of nitrogens with one attached hydrogen (secondary N) is 1. The lowest BCUT2D eigenvalue weighted by Crippen LogP contribution is -2.53. The van der Waals surface area contributed by atoms with Crippen LogP contribution >= 0.6 is 23.2 Å². The maximum Gasteiger partial charge on any atom is 0.304 e. The van der Waals surface area contributed by atoms with Gasteiger partial charge in [-0.3, -0.25) is 9.59 Å². The van der Waals surface area contributed by atoms with E-state index >= 15 is 0 Å². The number of hydrogen-bond donors (Lipinski definition) is 1. The van der Waals surface area contributed by atoms with Gasteiger partial charge in [0.2, 0.25) is 11.8 Å². The summed E-state index contributed by atoms with van der Waals surface area (Å²) >= 11 is 12.4. The maximum atomic E-state index is 13.8. The number of halogens is 2. The Kier molecular flexibility index (Phi) is 10.2. The lowest BCUT2D eigenvalue weighted by atomic mass is 10.1. The van der Waals surface area contributed by atoms with Gasteiger partial charge in [0.25, 0.3) is 0 Å². The fourth-order valence-electron chi connectivity index (χ4n) is 3.51. The van der Waals surface area contributed by atoms with E-state index in [-0.39, 0.29) is 18.5 Å². The predicted octanol–water partition coefficient (Wildman–Crippen LogP) is 4.16. The van der Waals surface area contributed by atoms with E-state index < -0.39 is 28.7 Å². The van der Waals surface area contributed by atoms with Crippen molar-refractivity contribution in [3.05, 3.63) is 63.1 Å². The molecule has 0 aliphatic rings. The van der Waals surface area contributed by atoms with Crippen LogP contribution in [0.2, 0.25) is 10.0 Å². The van der Waals surface area contributed by atoms with Gasteiger partial charge in [-0.25, -0.2) is 4.31 Å². The van der Waals surface area contributed by atoms with Crippen LogP contribution in [0.3, 0.4) is 0 Å². The fourth-order valence-corrected chi connectivity index (χ4v) is 5.09. The molecule has 2 aromatic carbocycles. The molecule has 0 aliphatic carbocycles. The van der Waals surface area contributed by atoms with Crippen LogP contribution in [-0.4, -0.2) is 62.2 Å². The van der Waals surface area contributed by atoms with Crippen LogP contribution in [0.25, 0.3) is 0 Å². The molecule has 8 nitrogen and oxygen atoms in total. The van der Waals surface area contributed by atoms with Gasteiger partial charge in [0.1, 0.15) is 12.6 Å². The molecule has 0 spiro atoms. The van der Waals surface area contributed by atoms with Gasteiger partial charge in [0.15, 0.2) is 0 Å². The number of rotatable bonds is 10. The van der Waals surface area contributed by atoms with Crippen LogP contribution in [0.15, 0.2) is 36.4 Å². The Morgan fingerprint density at radius 3 is 2.19 bits per heavy atom. The summed E-state index contributed by atoms with van der Waals surface area (Å²) < 4.78 is 28.8. The Hall–Kier alpha value is -2.33. The van der Waals surface area contributed by atoms with E-state index in [1.807, 2.05) is 26.8 Å². The molecule has 0 aromatic heterocycles. The second-order valence-corrected chi connectivity index (χ2v) is 12.1. The van der Waals surface area contributed by atoms with Gasteiger partial charge in [-0.1, -0.05) is 41.4 Å². The second-order valence-electron chi connectivity index (χ2n) is 9.18. The number of carbonyl (C=O) groups is 2. The lowest BCUT2D eigenvalue weighted by Gasteiger charge is -2.33. The van der Waals surface area contributed by atoms with Crippen molar-refractivity contribution in [2.75, 3.05) is 24.9 Å². The Morgan fingerprint density at radius 1 is 1.00 bits per heavy atom. The van der Waals surface area contributed by atoms with Gasteiger partial charge in [-0.05, 0) is 69.5 Å². The molecular formula is C25H34Cl2N4O4S. The van der Waals surface area contributed by atoms with Crippen molar-refractivity contribution in [2.24, 2.45) is 0 Å². The number of carbonyl (C=O) groups excluding carboxylic acids is 2. The molecule has 198 valence electrons. The van der Waals surface area contributed by atoms with Crippen LogP contribution in [0.5, 0.6) is 0 Å². The van der Waals surface area contributed by atoms with E-state index in [4.69, 9.17) is 23.2 Å². The maximum absolute atomic E-state index is 13.8. The Labute approximate surface area is 224 Å². The van der Waals surface area contributed by atoms with Gasteiger partial charge in [-0.15, -0.1) is 0 Å². The van der Waals surface area contributed by atoms with Crippen molar-refractivity contribution >= 4 is 50.9 Å². The summed E-state index contributed by atoms with van der Waals surface area (Å²) in [6.45, 7) is 8.35. The highest BCUT2D eigenvalue weighted by molar-refractivity contribution is 7.90. The molecule has 0 unspecified atom stereocenters. The largest absolute Gasteiger partial charge is 0.352 e. The van der Waals surface area contributed by atoms with Gasteiger partial charge >= 0.3 is 10.2 Å². The molecule has 0 aliphatic heterocycles. The summed E-state index contributed by atoms with van der Waals surface area (Å²) in [5.74, 6) is -0.920. The molecule has 2 amide bonds. The van der Waals surface area contributed by atoms with E-state index in [0.717, 1.165) is 14.2 Å². The SMILES string of the molecule is Cc1ccc(C)c(N(CC(=O)N(Cc2ccc(Cl)cc2Cl)[C@H](C)C(=O)NC(C)C)S(=O)(=O)N(C)C)c1. The minimum atomic E-state index is -4.04. The molecule has 0 heterocycles. The third kappa shape index (κ3) is 7.35. The average Bonchev–Trinajstić information content (AvgIpc) is 2.77. The predicted molar refractivity (Wildman–Crippen MR) is 146 cm³/mol. The molecule has 0 saturated heterocycles. The molecule has 0 fully saturated rings. The first-order chi connectivity index (χ1) is 16.6. The number of amides is 2. The van der Waals surface area contributed by atoms with Gasteiger partial charge in [0, 0.05) is 36.7 Å². The first-order valence-corrected chi connectivity index (χ1v) is 13.6. The second kappa shape index (κ2) is 12.3. The molecule has 2 aromatic rings. The molecule has 2 rings (SSSR count). The molecule has 11 heteroatoms. The fraction of sp³-hybridized carbons (Fsp3) is 0.440. The van der Waals surface area contributed by atoms with Crippen molar-refractivity contribution in [2.45, 2.75) is 53.2 Å². The van der Waals surface area contributed by atoms with Crippen molar-refractivity contribution in [1.82, 2.24) is 14.5 Å². The standard InChI is InChI=1S/C25H34Cl2N4O4S/c1-16(2)28-25(33)19(5)30(14-20-10-11-21(26)13-22(20)27)24(32)15-31(36(34,35)29(6)7)23-12-17(3)8-9-18(23)4/h8-13,16,19H,14-15H2,1-7H3,(H,28,33)/t19-/m1/s1. The van der Waals surface area contributed by atoms with Crippen molar-refractivity contribution in [3.63, 3.8) is 0 Å². The van der Waals surface area contributed by atoms with Gasteiger partial charge in [0.05, 0.1) is 5.69 Å². The first kappa shape index (κ1) is 29.9. The number of aryl methyl sites for hydroxylation is 2. The van der Waals surface area contributed by atoms with Crippen LogP contribution in [0, 0.1) is 13.8 Å². The average molecular weight is 558 g/mol. The summed E-state index contributed by atoms with van der Waals surface area (Å²) in [6, 6.07) is 9.23. The molecule has 0 bridgehead atoms. The smallest absolute Gasteiger partial charge is 0.304 e. The van der Waals surface area contributed by atoms with E-state index in [2.05, 4.69) is 5.32 Å². The zero-order valence-electron chi connectivity index (χ0n) is 21.7. The highest BCUT2D eigenvalue weighted by Crippen LogP contribution is 2.27. The summed E-state index contributed by atoms with van der Waals surface area (Å²) in [6.07, 6.45) is 0. The quantitative estimate of drug-likeness (QED) is 0.475. The van der Waals surface area contributed by atoms with Crippen molar-refractivity contribution in [1.29, 1.82) is 0 Å². The molecule has 36 heavy (non-hydrogen) atoms. The highest BCUT2D eigenvalue weighted by Gasteiger charge is 2.33. The van der Waals surface area contributed by atoms with Crippen LogP contribution in [0.4, 0.5) is 5.69 Å². The zero-order chi connectivity index (χ0) is 27.4. The van der Waals surface area contributed by atoms with Crippen molar-refractivity contribution in [3.8, 4) is 0 Å². The minimum absolute atomic E-state index is 0.00975. The summed E-state index contributed by atoms with van der Waals surface area (Å²) in [5.41, 5.74) is 2.50. The van der Waals surface area contributed by atoms with E-state index in [1.54, 1.807) is 44.2 Å². The summed E-state index contributed by atoms with van der Waals surface area (Å²) in [5, 5.41) is 3.58. The summed E-state index contributed by atoms with van der Waals surface area (Å²) in [4.78, 5) is 28.0. The van der Waals surface area contributed by atoms with E-state index in [1.165, 1.54) is 19.0 Å². The lowest BCUT2D eigenvalue weighted by molar-refractivity contribution is -0.139. The van der Waals surface area contributed by atoms with Crippen LogP contribution < -0.4 is 9.62 Å². The third-order valence-electron chi connectivity index (χ3n) is 5.61. The minimum Gasteiger partial charge on any atom is -0.352 e. The number of benzene rings is 2. The molecule has 1 N–H and O–H groups in total. The van der Waals surface area contributed by atoms with E-state index in [0.29, 0.717) is 26.9 Å². The highest BCUT2D eigenvalue weighted by atomic mass is 35.5. The number of nitrogens with zero attached hydrogens (tertiary/aromatic N) is 3. The Balaban J connectivity index is 2.54. The van der Waals surface area contributed by atoms with Crippen molar-refractivity contribution < 1.29 is 18.0 Å². The number of anilines is 1. The molecule has 0 radical (unpaired) electrons. The summed E-state index contributed by atoms with van der Waals surface area (Å²) in [7, 11) is -1.23. The third-order valence-corrected chi connectivity index (χ3v) is 8.00. The Bertz CT molecular complexity index is 1220. The normalized spacial score (nSPS) is 12.5. The van der Waals surface area contributed by atoms with Crippen LogP contribution in [-0.2, 0) is 26.3 Å². The molecule has 0 saturated carbocycles. The van der Waals surface area contributed by atoms with E-state index in [9.17, 15) is 18.0 Å². The first-order valence-electron chi connectivity index (χ1n) is 11.5. The number of hydrogen-bond acceptors (Lipinski definition) is 4. The molecule has 1 atom stereocenters.